The van der Waals surface area contributed by atoms with E-state index in [0.717, 1.165) is 44.7 Å². The molecule has 4 rings (SSSR count). The van der Waals surface area contributed by atoms with Crippen LogP contribution in [0.3, 0.4) is 0 Å². The third-order valence-electron chi connectivity index (χ3n) is 6.08. The average Bonchev–Trinajstić information content (AvgIpc) is 2.83. The summed E-state index contributed by atoms with van der Waals surface area (Å²) in [6, 6.07) is 14.0. The second-order valence-electron chi connectivity index (χ2n) is 8.58. The van der Waals surface area contributed by atoms with Crippen LogP contribution in [0, 0.1) is 0 Å². The van der Waals surface area contributed by atoms with Gasteiger partial charge in [-0.05, 0) is 19.4 Å². The Hall–Kier alpha value is -2.83. The molecule has 0 spiro atoms. The van der Waals surface area contributed by atoms with Crippen LogP contribution in [0.2, 0.25) is 0 Å². The van der Waals surface area contributed by atoms with Gasteiger partial charge in [0.25, 0.3) is 0 Å². The third kappa shape index (κ3) is 6.59. The van der Waals surface area contributed by atoms with Crippen LogP contribution in [0.25, 0.3) is 22.3 Å². The summed E-state index contributed by atoms with van der Waals surface area (Å²) in [5.41, 5.74) is 0.872. The highest BCUT2D eigenvalue weighted by Gasteiger charge is 2.13. The van der Waals surface area contributed by atoms with Crippen molar-refractivity contribution in [3.05, 3.63) is 58.8 Å². The Morgan fingerprint density at radius 3 is 2.42 bits per heavy atom. The fourth-order valence-corrected chi connectivity index (χ4v) is 4.23. The van der Waals surface area contributed by atoms with Crippen LogP contribution in [0.1, 0.15) is 38.5 Å². The Labute approximate surface area is 194 Å². The predicted molar refractivity (Wildman–Crippen MR) is 130 cm³/mol. The summed E-state index contributed by atoms with van der Waals surface area (Å²) in [6.45, 7) is 5.63. The molecule has 0 aliphatic carbocycles. The Bertz CT molecular complexity index is 1070. The number of morpholine rings is 1. The van der Waals surface area contributed by atoms with Crippen molar-refractivity contribution in [2.75, 3.05) is 39.5 Å². The topological polar surface area (TPSA) is 72.1 Å². The smallest absolute Gasteiger partial charge is 0.197 e. The molecule has 3 aromatic rings. The lowest BCUT2D eigenvalue weighted by Crippen LogP contribution is -2.36. The zero-order chi connectivity index (χ0) is 22.9. The molecule has 0 amide bonds. The zero-order valence-corrected chi connectivity index (χ0v) is 19.1. The molecule has 0 saturated carbocycles. The van der Waals surface area contributed by atoms with Gasteiger partial charge in [0, 0.05) is 36.9 Å². The standard InChI is InChI=1S/C27H33NO5/c29-23-18-22(32-15-9-4-2-1-3-8-12-28-13-16-31-17-14-28)19-26-27(23)24(30)20-25(33-26)21-10-6-5-7-11-21/h5-7,10-11,18-20,29H,1-4,8-9,12-17H2. The van der Waals surface area contributed by atoms with Crippen molar-refractivity contribution >= 4 is 11.0 Å². The highest BCUT2D eigenvalue weighted by molar-refractivity contribution is 5.86. The minimum Gasteiger partial charge on any atom is -0.507 e. The van der Waals surface area contributed by atoms with E-state index in [1.54, 1.807) is 6.07 Å². The normalized spacial score (nSPS) is 14.5. The first-order valence-electron chi connectivity index (χ1n) is 12.0. The van der Waals surface area contributed by atoms with Crippen molar-refractivity contribution in [3.8, 4) is 22.8 Å². The molecule has 1 aromatic heterocycles. The van der Waals surface area contributed by atoms with E-state index in [-0.39, 0.29) is 16.6 Å². The molecule has 0 atom stereocenters. The SMILES string of the molecule is O=c1cc(-c2ccccc2)oc2cc(OCCCCCCCCN3CCOCC3)cc(O)c12. The molecular weight excluding hydrogens is 418 g/mol. The van der Waals surface area contributed by atoms with Crippen LogP contribution in [0.4, 0.5) is 0 Å². The lowest BCUT2D eigenvalue weighted by Gasteiger charge is -2.26. The molecule has 2 aromatic carbocycles. The summed E-state index contributed by atoms with van der Waals surface area (Å²) >= 11 is 0. The number of benzene rings is 2. The minimum absolute atomic E-state index is 0.115. The molecule has 1 fully saturated rings. The van der Waals surface area contributed by atoms with E-state index in [1.165, 1.54) is 44.4 Å². The second kappa shape index (κ2) is 11.9. The fourth-order valence-electron chi connectivity index (χ4n) is 4.23. The second-order valence-corrected chi connectivity index (χ2v) is 8.58. The van der Waals surface area contributed by atoms with Crippen molar-refractivity contribution in [2.24, 2.45) is 0 Å². The summed E-state index contributed by atoms with van der Waals surface area (Å²) in [6.07, 6.45) is 7.03. The maximum absolute atomic E-state index is 12.5. The first-order chi connectivity index (χ1) is 16.2. The van der Waals surface area contributed by atoms with Gasteiger partial charge >= 0.3 is 0 Å². The van der Waals surface area contributed by atoms with E-state index in [1.807, 2.05) is 30.3 Å². The fraction of sp³-hybridized carbons (Fsp3) is 0.444. The van der Waals surface area contributed by atoms with Crippen LogP contribution >= 0.6 is 0 Å². The molecule has 6 heteroatoms. The number of phenols is 1. The van der Waals surface area contributed by atoms with Gasteiger partial charge in [-0.2, -0.15) is 0 Å². The number of hydrogen-bond acceptors (Lipinski definition) is 6. The van der Waals surface area contributed by atoms with Crippen molar-refractivity contribution in [3.63, 3.8) is 0 Å². The van der Waals surface area contributed by atoms with Gasteiger partial charge in [0.15, 0.2) is 5.43 Å². The highest BCUT2D eigenvalue weighted by atomic mass is 16.5. The number of hydrogen-bond donors (Lipinski definition) is 1. The first kappa shape index (κ1) is 23.3. The number of fused-ring (bicyclic) bond motifs is 1. The maximum atomic E-state index is 12.5. The minimum atomic E-state index is -0.271. The Balaban J connectivity index is 1.23. The molecule has 0 radical (unpaired) electrons. The summed E-state index contributed by atoms with van der Waals surface area (Å²) in [4.78, 5) is 15.0. The van der Waals surface area contributed by atoms with Gasteiger partial charge in [-0.1, -0.05) is 56.0 Å². The van der Waals surface area contributed by atoms with Gasteiger partial charge in [0.2, 0.25) is 0 Å². The lowest BCUT2D eigenvalue weighted by atomic mass is 10.1. The highest BCUT2D eigenvalue weighted by Crippen LogP contribution is 2.31. The third-order valence-corrected chi connectivity index (χ3v) is 6.08. The van der Waals surface area contributed by atoms with Crippen LogP contribution in [0.5, 0.6) is 11.5 Å². The van der Waals surface area contributed by atoms with Gasteiger partial charge < -0.3 is 19.0 Å². The molecule has 6 nitrogen and oxygen atoms in total. The number of phenolic OH excluding ortho intramolecular Hbond substituents is 1. The number of unbranched alkanes of at least 4 members (excludes halogenated alkanes) is 5. The zero-order valence-electron chi connectivity index (χ0n) is 19.1. The predicted octanol–water partition coefficient (Wildman–Crippen LogP) is 5.22. The van der Waals surface area contributed by atoms with E-state index in [9.17, 15) is 9.90 Å². The summed E-state index contributed by atoms with van der Waals surface area (Å²) in [5.74, 6) is 0.869. The largest absolute Gasteiger partial charge is 0.507 e. The molecule has 0 bridgehead atoms. The average molecular weight is 452 g/mol. The first-order valence-corrected chi connectivity index (χ1v) is 12.0. The molecule has 0 unspecified atom stereocenters. The molecule has 1 N–H and O–H groups in total. The summed E-state index contributed by atoms with van der Waals surface area (Å²) < 4.78 is 17.2. The monoisotopic (exact) mass is 451 g/mol. The summed E-state index contributed by atoms with van der Waals surface area (Å²) in [7, 11) is 0. The maximum Gasteiger partial charge on any atom is 0.197 e. The summed E-state index contributed by atoms with van der Waals surface area (Å²) in [5, 5.41) is 10.5. The van der Waals surface area contributed by atoms with Gasteiger partial charge in [-0.25, -0.2) is 0 Å². The molecule has 1 aliphatic heterocycles. The van der Waals surface area contributed by atoms with Crippen molar-refractivity contribution in [1.29, 1.82) is 0 Å². The number of nitrogens with zero attached hydrogens (tertiary/aromatic N) is 1. The van der Waals surface area contributed by atoms with Gasteiger partial charge in [-0.15, -0.1) is 0 Å². The molecule has 33 heavy (non-hydrogen) atoms. The van der Waals surface area contributed by atoms with E-state index in [2.05, 4.69) is 4.90 Å². The van der Waals surface area contributed by atoms with Crippen LogP contribution < -0.4 is 10.2 Å². The van der Waals surface area contributed by atoms with Gasteiger partial charge in [0.1, 0.15) is 28.2 Å². The quantitative estimate of drug-likeness (QED) is 0.403. The van der Waals surface area contributed by atoms with Crippen LogP contribution in [0.15, 0.2) is 57.7 Å². The van der Waals surface area contributed by atoms with Crippen LogP contribution in [-0.4, -0.2) is 49.5 Å². The van der Waals surface area contributed by atoms with Crippen molar-refractivity contribution < 1.29 is 19.0 Å². The number of ether oxygens (including phenoxy) is 2. The van der Waals surface area contributed by atoms with Crippen LogP contribution in [-0.2, 0) is 4.74 Å². The van der Waals surface area contributed by atoms with E-state index >= 15 is 0 Å². The lowest BCUT2D eigenvalue weighted by molar-refractivity contribution is 0.0371. The number of aromatic hydroxyl groups is 1. The van der Waals surface area contributed by atoms with E-state index in [4.69, 9.17) is 13.9 Å². The Kier molecular flexibility index (Phi) is 8.39. The molecular formula is C27H33NO5. The Morgan fingerprint density at radius 1 is 0.909 bits per heavy atom. The molecule has 1 aliphatic rings. The van der Waals surface area contributed by atoms with E-state index in [0.29, 0.717) is 23.7 Å². The van der Waals surface area contributed by atoms with Crippen molar-refractivity contribution in [2.45, 2.75) is 38.5 Å². The van der Waals surface area contributed by atoms with Gasteiger partial charge in [0.05, 0.1) is 19.8 Å². The molecule has 2 heterocycles. The van der Waals surface area contributed by atoms with Crippen molar-refractivity contribution in [1.82, 2.24) is 4.90 Å². The van der Waals surface area contributed by atoms with Gasteiger partial charge in [-0.3, -0.25) is 9.69 Å². The molecule has 1 saturated heterocycles. The van der Waals surface area contributed by atoms with E-state index < -0.39 is 0 Å². The Morgan fingerprint density at radius 2 is 1.64 bits per heavy atom. The molecule has 176 valence electrons. The number of rotatable bonds is 11.